The first-order valence-corrected chi connectivity index (χ1v) is 26.3. The Kier molecular flexibility index (Phi) is 44.2. The van der Waals surface area contributed by atoms with E-state index in [2.05, 4.69) is 81.5 Å². The molecule has 0 aliphatic heterocycles. The summed E-state index contributed by atoms with van der Waals surface area (Å²) in [7, 11) is -4.75. The first kappa shape index (κ1) is 60.9. The standard InChI is InChI=1S/C52H89O11P/c1-4-7-10-13-16-19-21-22-23-24-25-26-28-31-34-37-40-43-52(56)63-49(45-59-50(54)41-38-35-32-30-27-20-17-14-11-8-5-2)47-61-64(57,58)60-46-48(44-53)62-51(55)42-39-36-33-29-18-15-12-9-6-3/h7,10,14,16-17,19,22-23,25-26,31,34,48-49,53H,4-6,8-9,11-13,15,18,20-21,24,27-30,32-33,35-47H2,1-3H3,(H,57,58)/b10-7-,17-14-,19-16-,23-22-,26-25-,34-31-. The van der Waals surface area contributed by atoms with Gasteiger partial charge >= 0.3 is 25.7 Å². The van der Waals surface area contributed by atoms with Crippen LogP contribution in [-0.4, -0.2) is 66.5 Å². The van der Waals surface area contributed by atoms with E-state index in [1.54, 1.807) is 0 Å². The fraction of sp³-hybridized carbons (Fsp3) is 0.712. The summed E-state index contributed by atoms with van der Waals surface area (Å²) in [6.45, 7) is 4.36. The van der Waals surface area contributed by atoms with Gasteiger partial charge in [-0.2, -0.15) is 0 Å². The summed E-state index contributed by atoms with van der Waals surface area (Å²) < 4.78 is 39.1. The highest BCUT2D eigenvalue weighted by Crippen LogP contribution is 2.43. The molecule has 0 aromatic rings. The van der Waals surface area contributed by atoms with E-state index in [9.17, 15) is 28.9 Å². The molecule has 3 unspecified atom stereocenters. The van der Waals surface area contributed by atoms with Gasteiger partial charge in [0.1, 0.15) is 12.7 Å². The van der Waals surface area contributed by atoms with Gasteiger partial charge in [0.25, 0.3) is 0 Å². The van der Waals surface area contributed by atoms with Gasteiger partial charge in [0.05, 0.1) is 19.8 Å². The number of unbranched alkanes of at least 4 members (excludes halogenated alkanes) is 16. The van der Waals surface area contributed by atoms with Crippen LogP contribution in [0, 0.1) is 0 Å². The fourth-order valence-electron chi connectivity index (χ4n) is 6.31. The molecule has 0 saturated carbocycles. The number of aliphatic hydroxyl groups excluding tert-OH is 1. The summed E-state index contributed by atoms with van der Waals surface area (Å²) in [5, 5.41) is 9.73. The van der Waals surface area contributed by atoms with Crippen molar-refractivity contribution in [1.82, 2.24) is 0 Å². The normalized spacial score (nSPS) is 14.1. The van der Waals surface area contributed by atoms with E-state index in [4.69, 9.17) is 23.3 Å². The van der Waals surface area contributed by atoms with Gasteiger partial charge in [0.2, 0.25) is 0 Å². The van der Waals surface area contributed by atoms with E-state index in [0.717, 1.165) is 89.9 Å². The number of ether oxygens (including phenoxy) is 3. The number of hydrogen-bond donors (Lipinski definition) is 2. The quantitative estimate of drug-likeness (QED) is 0.0197. The maximum atomic E-state index is 12.8. The van der Waals surface area contributed by atoms with E-state index >= 15 is 0 Å². The molecule has 0 aromatic heterocycles. The number of allylic oxidation sites excluding steroid dienone is 12. The zero-order valence-corrected chi connectivity index (χ0v) is 41.1. The highest BCUT2D eigenvalue weighted by atomic mass is 31.2. The van der Waals surface area contributed by atoms with Gasteiger partial charge in [0.15, 0.2) is 6.10 Å². The lowest BCUT2D eigenvalue weighted by Gasteiger charge is -2.21. The topological polar surface area (TPSA) is 155 Å². The third kappa shape index (κ3) is 44.1. The molecule has 11 nitrogen and oxygen atoms in total. The van der Waals surface area contributed by atoms with Crippen molar-refractivity contribution >= 4 is 25.7 Å². The number of carbonyl (C=O) groups is 3. The summed E-state index contributed by atoms with van der Waals surface area (Å²) in [4.78, 5) is 48.1. The zero-order valence-electron chi connectivity index (χ0n) is 40.2. The number of hydrogen-bond acceptors (Lipinski definition) is 10. The number of esters is 3. The first-order valence-electron chi connectivity index (χ1n) is 24.8. The minimum atomic E-state index is -4.75. The molecule has 64 heavy (non-hydrogen) atoms. The lowest BCUT2D eigenvalue weighted by Crippen LogP contribution is -2.30. The summed E-state index contributed by atoms with van der Waals surface area (Å²) in [5.74, 6) is -1.55. The SMILES string of the molecule is CC/C=C\C/C=C\C/C=C\C/C=C\C/C=C\CCCC(=O)OC(COC(=O)CCCCCCC/C=C\CCCC)COP(=O)(O)OCC(CO)OC(=O)CCCCCCCCCCC. The second kappa shape index (κ2) is 46.4. The van der Waals surface area contributed by atoms with Crippen molar-refractivity contribution in [3.05, 3.63) is 72.9 Å². The van der Waals surface area contributed by atoms with Crippen LogP contribution in [0.1, 0.15) is 201 Å². The predicted molar refractivity (Wildman–Crippen MR) is 261 cm³/mol. The van der Waals surface area contributed by atoms with Gasteiger partial charge in [-0.1, -0.05) is 177 Å². The molecule has 368 valence electrons. The Bertz CT molecular complexity index is 1350. The van der Waals surface area contributed by atoms with Crippen molar-refractivity contribution in [2.24, 2.45) is 0 Å². The molecule has 0 rings (SSSR count). The molecule has 12 heteroatoms. The Balaban J connectivity index is 4.86. The van der Waals surface area contributed by atoms with E-state index in [0.29, 0.717) is 25.7 Å². The third-order valence-corrected chi connectivity index (χ3v) is 11.1. The van der Waals surface area contributed by atoms with Gasteiger partial charge in [-0.25, -0.2) is 4.57 Å². The summed E-state index contributed by atoms with van der Waals surface area (Å²) in [6.07, 6.45) is 48.9. The minimum Gasteiger partial charge on any atom is -0.462 e. The van der Waals surface area contributed by atoms with Crippen LogP contribution in [0.3, 0.4) is 0 Å². The number of aliphatic hydroxyl groups is 1. The molecule has 0 bridgehead atoms. The monoisotopic (exact) mass is 921 g/mol. The van der Waals surface area contributed by atoms with Crippen molar-refractivity contribution in [1.29, 1.82) is 0 Å². The van der Waals surface area contributed by atoms with E-state index < -0.39 is 57.8 Å². The first-order chi connectivity index (χ1) is 31.2. The molecule has 0 spiro atoms. The van der Waals surface area contributed by atoms with Crippen LogP contribution in [0.4, 0.5) is 0 Å². The molecule has 3 atom stereocenters. The van der Waals surface area contributed by atoms with Crippen molar-refractivity contribution < 1.29 is 52.2 Å². The maximum Gasteiger partial charge on any atom is 0.472 e. The average Bonchev–Trinajstić information content (AvgIpc) is 3.28. The molecule has 0 fully saturated rings. The minimum absolute atomic E-state index is 0.0865. The highest BCUT2D eigenvalue weighted by molar-refractivity contribution is 7.47. The number of phosphoric acid groups is 1. The van der Waals surface area contributed by atoms with Crippen molar-refractivity contribution in [3.8, 4) is 0 Å². The predicted octanol–water partition coefficient (Wildman–Crippen LogP) is 13.8. The maximum absolute atomic E-state index is 12.8. The molecule has 0 aliphatic rings. The van der Waals surface area contributed by atoms with Crippen LogP contribution < -0.4 is 0 Å². The van der Waals surface area contributed by atoms with Gasteiger partial charge < -0.3 is 24.2 Å². The highest BCUT2D eigenvalue weighted by Gasteiger charge is 2.28. The molecule has 0 radical (unpaired) electrons. The summed E-state index contributed by atoms with van der Waals surface area (Å²) in [5.41, 5.74) is 0. The molecule has 0 aromatic carbocycles. The largest absolute Gasteiger partial charge is 0.472 e. The van der Waals surface area contributed by atoms with Crippen LogP contribution in [0.5, 0.6) is 0 Å². The average molecular weight is 921 g/mol. The smallest absolute Gasteiger partial charge is 0.462 e. The van der Waals surface area contributed by atoms with E-state index in [1.165, 1.54) is 44.9 Å². The number of rotatable bonds is 45. The Labute approximate surface area is 388 Å². The summed E-state index contributed by atoms with van der Waals surface area (Å²) in [6, 6.07) is 0. The third-order valence-electron chi connectivity index (χ3n) is 10.1. The van der Waals surface area contributed by atoms with E-state index in [1.807, 2.05) is 12.2 Å². The van der Waals surface area contributed by atoms with Gasteiger partial charge in [0, 0.05) is 19.3 Å². The van der Waals surface area contributed by atoms with Gasteiger partial charge in [-0.3, -0.25) is 23.4 Å². The second-order valence-electron chi connectivity index (χ2n) is 16.2. The Morgan fingerprint density at radius 3 is 1.38 bits per heavy atom. The zero-order chi connectivity index (χ0) is 47.0. The van der Waals surface area contributed by atoms with Crippen molar-refractivity contribution in [2.75, 3.05) is 26.4 Å². The van der Waals surface area contributed by atoms with Crippen LogP contribution in [-0.2, 0) is 42.2 Å². The van der Waals surface area contributed by atoms with Crippen LogP contribution >= 0.6 is 7.82 Å². The lowest BCUT2D eigenvalue weighted by molar-refractivity contribution is -0.161. The van der Waals surface area contributed by atoms with Crippen LogP contribution in [0.2, 0.25) is 0 Å². The molecule has 0 aliphatic carbocycles. The molecular weight excluding hydrogens is 832 g/mol. The Morgan fingerprint density at radius 2 is 0.844 bits per heavy atom. The Hall–Kier alpha value is -3.08. The molecule has 0 saturated heterocycles. The van der Waals surface area contributed by atoms with Gasteiger partial charge in [-0.05, 0) is 77.0 Å². The number of carbonyl (C=O) groups excluding carboxylic acids is 3. The summed E-state index contributed by atoms with van der Waals surface area (Å²) >= 11 is 0. The molecule has 0 amide bonds. The van der Waals surface area contributed by atoms with Crippen LogP contribution in [0.15, 0.2) is 72.9 Å². The lowest BCUT2D eigenvalue weighted by atomic mass is 10.1. The van der Waals surface area contributed by atoms with E-state index in [-0.39, 0.29) is 25.9 Å². The second-order valence-corrected chi connectivity index (χ2v) is 17.7. The molecular formula is C52H89O11P. The van der Waals surface area contributed by atoms with Crippen molar-refractivity contribution in [3.63, 3.8) is 0 Å². The molecule has 0 heterocycles. The van der Waals surface area contributed by atoms with Crippen molar-refractivity contribution in [2.45, 2.75) is 213 Å². The number of phosphoric ester groups is 1. The van der Waals surface area contributed by atoms with Gasteiger partial charge in [-0.15, -0.1) is 0 Å². The molecule has 2 N–H and O–H groups in total. The fourth-order valence-corrected chi connectivity index (χ4v) is 7.10. The van der Waals surface area contributed by atoms with Crippen LogP contribution in [0.25, 0.3) is 0 Å². The Morgan fingerprint density at radius 1 is 0.453 bits per heavy atom.